The van der Waals surface area contributed by atoms with Gasteiger partial charge in [0.2, 0.25) is 0 Å². The van der Waals surface area contributed by atoms with Crippen LogP contribution in [0, 0.1) is 0 Å². The molecule has 0 spiro atoms. The summed E-state index contributed by atoms with van der Waals surface area (Å²) in [6, 6.07) is 13.8. The normalized spacial score (nSPS) is 10.5. The lowest BCUT2D eigenvalue weighted by atomic mass is 10.2. The third-order valence-electron chi connectivity index (χ3n) is 2.47. The molecular formula is C14H12ClF2NO. The molecule has 0 saturated carbocycles. The van der Waals surface area contributed by atoms with Gasteiger partial charge in [0.15, 0.2) is 0 Å². The zero-order valence-electron chi connectivity index (χ0n) is 9.95. The number of nitrogens with one attached hydrogen (secondary N) is 1. The highest BCUT2D eigenvalue weighted by atomic mass is 35.5. The molecule has 5 heteroatoms. The molecule has 0 amide bonds. The molecule has 1 N–H and O–H groups in total. The molecule has 0 radical (unpaired) electrons. The van der Waals surface area contributed by atoms with Crippen molar-refractivity contribution in [3.05, 3.63) is 59.1 Å². The number of hydrogen-bond acceptors (Lipinski definition) is 2. The molecule has 0 aliphatic rings. The van der Waals surface area contributed by atoms with Gasteiger partial charge >= 0.3 is 6.61 Å². The average Bonchev–Trinajstić information content (AvgIpc) is 2.37. The van der Waals surface area contributed by atoms with Crippen LogP contribution >= 0.6 is 11.6 Å². The second-order valence-corrected chi connectivity index (χ2v) is 4.32. The maximum absolute atomic E-state index is 12.0. The summed E-state index contributed by atoms with van der Waals surface area (Å²) in [5.74, 6) is 0.142. The Morgan fingerprint density at radius 2 is 1.84 bits per heavy atom. The van der Waals surface area contributed by atoms with E-state index in [2.05, 4.69) is 10.1 Å². The van der Waals surface area contributed by atoms with Crippen molar-refractivity contribution < 1.29 is 13.5 Å². The number of ether oxygens (including phenoxy) is 1. The summed E-state index contributed by atoms with van der Waals surface area (Å²) in [4.78, 5) is 0. The summed E-state index contributed by atoms with van der Waals surface area (Å²) in [6.45, 7) is -2.19. The highest BCUT2D eigenvalue weighted by Crippen LogP contribution is 2.18. The topological polar surface area (TPSA) is 21.3 Å². The van der Waals surface area contributed by atoms with Crippen LogP contribution in [0.1, 0.15) is 5.56 Å². The van der Waals surface area contributed by atoms with Crippen molar-refractivity contribution in [1.82, 2.24) is 0 Å². The van der Waals surface area contributed by atoms with Crippen molar-refractivity contribution in [3.63, 3.8) is 0 Å². The number of anilines is 1. The zero-order valence-corrected chi connectivity index (χ0v) is 10.7. The summed E-state index contributed by atoms with van der Waals surface area (Å²) in [6.07, 6.45) is 0. The largest absolute Gasteiger partial charge is 0.435 e. The van der Waals surface area contributed by atoms with Crippen molar-refractivity contribution in [2.24, 2.45) is 0 Å². The van der Waals surface area contributed by atoms with E-state index in [0.29, 0.717) is 11.6 Å². The minimum Gasteiger partial charge on any atom is -0.435 e. The van der Waals surface area contributed by atoms with Gasteiger partial charge in [0, 0.05) is 17.3 Å². The van der Waals surface area contributed by atoms with Crippen LogP contribution in [0.2, 0.25) is 5.02 Å². The fourth-order valence-corrected chi connectivity index (χ4v) is 1.82. The van der Waals surface area contributed by atoms with Gasteiger partial charge < -0.3 is 10.1 Å². The molecule has 0 atom stereocenters. The van der Waals surface area contributed by atoms with Gasteiger partial charge in [-0.15, -0.1) is 0 Å². The zero-order chi connectivity index (χ0) is 13.7. The standard InChI is InChI=1S/C14H12ClF2NO/c15-11-3-1-2-10(8-11)9-18-12-4-6-13(7-5-12)19-14(16)17/h1-8,14,18H,9H2. The lowest BCUT2D eigenvalue weighted by Crippen LogP contribution is -2.02. The Labute approximate surface area is 115 Å². The van der Waals surface area contributed by atoms with Crippen LogP contribution in [0.5, 0.6) is 5.75 Å². The number of benzene rings is 2. The highest BCUT2D eigenvalue weighted by Gasteiger charge is 2.03. The number of rotatable bonds is 5. The molecule has 0 aromatic heterocycles. The van der Waals surface area contributed by atoms with Crippen molar-refractivity contribution in [3.8, 4) is 5.75 Å². The SMILES string of the molecule is FC(F)Oc1ccc(NCc2cccc(Cl)c2)cc1. The monoisotopic (exact) mass is 283 g/mol. The van der Waals surface area contributed by atoms with Crippen molar-refractivity contribution in [2.45, 2.75) is 13.2 Å². The summed E-state index contributed by atoms with van der Waals surface area (Å²) in [7, 11) is 0. The second kappa shape index (κ2) is 6.38. The van der Waals surface area contributed by atoms with E-state index in [1.807, 2.05) is 24.3 Å². The Morgan fingerprint density at radius 3 is 2.47 bits per heavy atom. The lowest BCUT2D eigenvalue weighted by molar-refractivity contribution is -0.0498. The first-order chi connectivity index (χ1) is 9.13. The van der Waals surface area contributed by atoms with Crippen LogP contribution < -0.4 is 10.1 Å². The molecule has 2 aromatic carbocycles. The van der Waals surface area contributed by atoms with E-state index in [1.165, 1.54) is 12.1 Å². The lowest BCUT2D eigenvalue weighted by Gasteiger charge is -2.08. The third-order valence-corrected chi connectivity index (χ3v) is 2.70. The van der Waals surface area contributed by atoms with Gasteiger partial charge in [0.25, 0.3) is 0 Å². The summed E-state index contributed by atoms with van der Waals surface area (Å²) in [5.41, 5.74) is 1.86. The van der Waals surface area contributed by atoms with Crippen molar-refractivity contribution in [1.29, 1.82) is 0 Å². The predicted molar refractivity (Wildman–Crippen MR) is 71.9 cm³/mol. The number of alkyl halides is 2. The molecule has 0 heterocycles. The van der Waals surface area contributed by atoms with Crippen LogP contribution in [0.4, 0.5) is 14.5 Å². The maximum atomic E-state index is 12.0. The second-order valence-electron chi connectivity index (χ2n) is 3.89. The molecule has 19 heavy (non-hydrogen) atoms. The fourth-order valence-electron chi connectivity index (χ4n) is 1.61. The molecule has 2 rings (SSSR count). The predicted octanol–water partition coefficient (Wildman–Crippen LogP) is 4.55. The molecule has 0 unspecified atom stereocenters. The van der Waals surface area contributed by atoms with E-state index in [1.54, 1.807) is 12.1 Å². The van der Waals surface area contributed by atoms with Crippen LogP contribution in [-0.4, -0.2) is 6.61 Å². The molecule has 0 aliphatic heterocycles. The van der Waals surface area contributed by atoms with E-state index >= 15 is 0 Å². The van der Waals surface area contributed by atoms with E-state index < -0.39 is 6.61 Å². The average molecular weight is 284 g/mol. The first-order valence-corrected chi connectivity index (χ1v) is 6.04. The molecule has 2 nitrogen and oxygen atoms in total. The van der Waals surface area contributed by atoms with Gasteiger partial charge in [-0.25, -0.2) is 0 Å². The Balaban J connectivity index is 1.93. The summed E-state index contributed by atoms with van der Waals surface area (Å²) >= 11 is 5.88. The molecule has 0 saturated heterocycles. The van der Waals surface area contributed by atoms with Crippen LogP contribution in [-0.2, 0) is 6.54 Å². The first kappa shape index (κ1) is 13.6. The Morgan fingerprint density at radius 1 is 1.11 bits per heavy atom. The molecule has 0 bridgehead atoms. The van der Waals surface area contributed by atoms with Crippen LogP contribution in [0.25, 0.3) is 0 Å². The quantitative estimate of drug-likeness (QED) is 0.869. The third kappa shape index (κ3) is 4.41. The van der Waals surface area contributed by atoms with Crippen molar-refractivity contribution >= 4 is 17.3 Å². The summed E-state index contributed by atoms with van der Waals surface area (Å²) in [5, 5.41) is 3.85. The van der Waals surface area contributed by atoms with Crippen LogP contribution in [0.15, 0.2) is 48.5 Å². The van der Waals surface area contributed by atoms with Gasteiger partial charge in [-0.2, -0.15) is 8.78 Å². The minimum absolute atomic E-state index is 0.142. The molecule has 0 fully saturated rings. The van der Waals surface area contributed by atoms with E-state index in [4.69, 9.17) is 11.6 Å². The van der Waals surface area contributed by atoms with Gasteiger partial charge in [-0.3, -0.25) is 0 Å². The van der Waals surface area contributed by atoms with E-state index in [-0.39, 0.29) is 5.75 Å². The fraction of sp³-hybridized carbons (Fsp3) is 0.143. The highest BCUT2D eigenvalue weighted by molar-refractivity contribution is 6.30. The van der Waals surface area contributed by atoms with Gasteiger partial charge in [0.1, 0.15) is 5.75 Å². The summed E-state index contributed by atoms with van der Waals surface area (Å²) < 4.78 is 28.2. The maximum Gasteiger partial charge on any atom is 0.387 e. The van der Waals surface area contributed by atoms with Crippen molar-refractivity contribution in [2.75, 3.05) is 5.32 Å². The Kier molecular flexibility index (Phi) is 4.58. The van der Waals surface area contributed by atoms with E-state index in [0.717, 1.165) is 11.3 Å². The first-order valence-electron chi connectivity index (χ1n) is 5.67. The van der Waals surface area contributed by atoms with E-state index in [9.17, 15) is 8.78 Å². The number of hydrogen-bond donors (Lipinski definition) is 1. The Bertz CT molecular complexity index is 531. The van der Waals surface area contributed by atoms with Gasteiger partial charge in [-0.05, 0) is 42.0 Å². The minimum atomic E-state index is -2.80. The smallest absolute Gasteiger partial charge is 0.387 e. The van der Waals surface area contributed by atoms with Gasteiger partial charge in [-0.1, -0.05) is 23.7 Å². The molecule has 0 aliphatic carbocycles. The molecule has 2 aromatic rings. The molecule has 100 valence electrons. The number of halogens is 3. The van der Waals surface area contributed by atoms with Crippen LogP contribution in [0.3, 0.4) is 0 Å². The Hall–Kier alpha value is -1.81. The van der Waals surface area contributed by atoms with Gasteiger partial charge in [0.05, 0.1) is 0 Å². The molecular weight excluding hydrogens is 272 g/mol.